The van der Waals surface area contributed by atoms with E-state index in [1.807, 2.05) is 0 Å². The zero-order valence-corrected chi connectivity index (χ0v) is 8.21. The Bertz CT molecular complexity index is 273. The van der Waals surface area contributed by atoms with Gasteiger partial charge in [0.1, 0.15) is 6.54 Å². The minimum Gasteiger partial charge on any atom is -0.468 e. The van der Waals surface area contributed by atoms with Gasteiger partial charge >= 0.3 is 5.97 Å². The third kappa shape index (κ3) is 1.48. The minimum atomic E-state index is -0.351. The highest BCUT2D eigenvalue weighted by atomic mass is 16.5. The van der Waals surface area contributed by atoms with Gasteiger partial charge in [-0.15, -0.1) is 0 Å². The number of nitrogens with zero attached hydrogens (tertiary/aromatic N) is 1. The normalized spacial score (nSPS) is 23.8. The number of carbonyl (C=O) groups excluding carboxylic acids is 2. The van der Waals surface area contributed by atoms with E-state index in [2.05, 4.69) is 10.1 Å². The molecule has 1 spiro atoms. The molecule has 1 aliphatic carbocycles. The van der Waals surface area contributed by atoms with Crippen LogP contribution in [-0.4, -0.2) is 49.1 Å². The van der Waals surface area contributed by atoms with Gasteiger partial charge in [0, 0.05) is 13.1 Å². The van der Waals surface area contributed by atoms with Gasteiger partial charge in [-0.3, -0.25) is 9.59 Å². The van der Waals surface area contributed by atoms with Gasteiger partial charge in [0.25, 0.3) is 0 Å². The van der Waals surface area contributed by atoms with Gasteiger partial charge in [-0.2, -0.15) is 0 Å². The molecule has 0 aromatic rings. The van der Waals surface area contributed by atoms with E-state index < -0.39 is 0 Å². The lowest BCUT2D eigenvalue weighted by atomic mass is 10.1. The molecule has 78 valence electrons. The van der Waals surface area contributed by atoms with E-state index in [9.17, 15) is 9.59 Å². The van der Waals surface area contributed by atoms with Gasteiger partial charge in [-0.1, -0.05) is 0 Å². The van der Waals surface area contributed by atoms with Crippen molar-refractivity contribution in [3.63, 3.8) is 0 Å². The number of rotatable bonds is 2. The minimum absolute atomic E-state index is 0.0501. The van der Waals surface area contributed by atoms with Crippen molar-refractivity contribution in [2.75, 3.05) is 26.7 Å². The largest absolute Gasteiger partial charge is 0.468 e. The highest BCUT2D eigenvalue weighted by Gasteiger charge is 2.53. The second-order valence-corrected chi connectivity index (χ2v) is 3.81. The van der Waals surface area contributed by atoms with Crippen molar-refractivity contribution in [1.29, 1.82) is 0 Å². The number of amides is 1. The van der Waals surface area contributed by atoms with Crippen LogP contribution in [-0.2, 0) is 14.3 Å². The molecular formula is C9H14N2O3. The topological polar surface area (TPSA) is 58.6 Å². The predicted octanol–water partition coefficient (Wildman–Crippen LogP) is -0.876. The number of piperazine rings is 1. The number of methoxy groups -OCH3 is 1. The van der Waals surface area contributed by atoms with Crippen LogP contribution in [0.1, 0.15) is 12.8 Å². The second-order valence-electron chi connectivity index (χ2n) is 3.81. The Morgan fingerprint density at radius 3 is 2.93 bits per heavy atom. The summed E-state index contributed by atoms with van der Waals surface area (Å²) in [5, 5.41) is 3.20. The predicted molar refractivity (Wildman–Crippen MR) is 48.6 cm³/mol. The smallest absolute Gasteiger partial charge is 0.325 e. The Morgan fingerprint density at radius 1 is 1.64 bits per heavy atom. The van der Waals surface area contributed by atoms with Gasteiger partial charge in [0.05, 0.1) is 12.6 Å². The van der Waals surface area contributed by atoms with Gasteiger partial charge in [-0.05, 0) is 12.8 Å². The Morgan fingerprint density at radius 2 is 2.36 bits per heavy atom. The summed E-state index contributed by atoms with van der Waals surface area (Å²) < 4.78 is 4.54. The molecule has 14 heavy (non-hydrogen) atoms. The van der Waals surface area contributed by atoms with E-state index in [0.717, 1.165) is 19.4 Å². The summed E-state index contributed by atoms with van der Waals surface area (Å²) in [5.41, 5.74) is -0.327. The third-order valence-corrected chi connectivity index (χ3v) is 2.84. The van der Waals surface area contributed by atoms with Crippen LogP contribution in [0.4, 0.5) is 0 Å². The molecule has 2 fully saturated rings. The maximum Gasteiger partial charge on any atom is 0.325 e. The third-order valence-electron chi connectivity index (χ3n) is 2.84. The number of nitrogens with one attached hydrogen (secondary N) is 1. The van der Waals surface area contributed by atoms with Crippen LogP contribution >= 0.6 is 0 Å². The van der Waals surface area contributed by atoms with E-state index in [1.54, 1.807) is 4.90 Å². The van der Waals surface area contributed by atoms with Gasteiger partial charge in [0.2, 0.25) is 5.91 Å². The van der Waals surface area contributed by atoms with Crippen molar-refractivity contribution in [3.8, 4) is 0 Å². The summed E-state index contributed by atoms with van der Waals surface area (Å²) in [4.78, 5) is 24.4. The molecule has 1 saturated heterocycles. The molecule has 0 bridgehead atoms. The summed E-state index contributed by atoms with van der Waals surface area (Å²) in [6, 6.07) is 0. The van der Waals surface area contributed by atoms with Crippen molar-refractivity contribution in [3.05, 3.63) is 0 Å². The lowest BCUT2D eigenvalue weighted by Crippen LogP contribution is -2.57. The molecule has 5 nitrogen and oxygen atoms in total. The summed E-state index contributed by atoms with van der Waals surface area (Å²) in [5.74, 6) is -0.301. The average molecular weight is 198 g/mol. The fourth-order valence-corrected chi connectivity index (χ4v) is 1.80. The Balaban J connectivity index is 1.98. The van der Waals surface area contributed by atoms with Crippen molar-refractivity contribution in [2.24, 2.45) is 0 Å². The quantitative estimate of drug-likeness (QED) is 0.586. The summed E-state index contributed by atoms with van der Waals surface area (Å²) in [6.45, 7) is 1.44. The Hall–Kier alpha value is -1.10. The van der Waals surface area contributed by atoms with E-state index in [1.165, 1.54) is 7.11 Å². The molecule has 2 rings (SSSR count). The first-order chi connectivity index (χ1) is 6.68. The molecule has 1 amide bonds. The highest BCUT2D eigenvalue weighted by molar-refractivity contribution is 5.92. The molecule has 0 aromatic carbocycles. The summed E-state index contributed by atoms with van der Waals surface area (Å²) >= 11 is 0. The van der Waals surface area contributed by atoms with Crippen LogP contribution in [0.15, 0.2) is 0 Å². The van der Waals surface area contributed by atoms with Crippen LogP contribution in [0.2, 0.25) is 0 Å². The SMILES string of the molecule is COC(=O)CN1CCNC2(CC2)C1=O. The first kappa shape index (κ1) is 9.45. The molecule has 0 atom stereocenters. The maximum absolute atomic E-state index is 11.8. The van der Waals surface area contributed by atoms with E-state index in [-0.39, 0.29) is 24.0 Å². The molecular weight excluding hydrogens is 184 g/mol. The highest BCUT2D eigenvalue weighted by Crippen LogP contribution is 2.38. The first-order valence-electron chi connectivity index (χ1n) is 4.79. The van der Waals surface area contributed by atoms with E-state index in [4.69, 9.17) is 0 Å². The number of ether oxygens (including phenoxy) is 1. The van der Waals surface area contributed by atoms with Crippen molar-refractivity contribution in [2.45, 2.75) is 18.4 Å². The molecule has 0 radical (unpaired) electrons. The molecule has 1 aliphatic heterocycles. The fraction of sp³-hybridized carbons (Fsp3) is 0.778. The van der Waals surface area contributed by atoms with Gasteiger partial charge < -0.3 is 15.0 Å². The second kappa shape index (κ2) is 3.24. The van der Waals surface area contributed by atoms with E-state index in [0.29, 0.717) is 6.54 Å². The standard InChI is InChI=1S/C9H14N2O3/c1-14-7(12)6-11-5-4-10-9(2-3-9)8(11)13/h10H,2-6H2,1H3. The van der Waals surface area contributed by atoms with Crippen LogP contribution in [0, 0.1) is 0 Å². The van der Waals surface area contributed by atoms with Crippen molar-refractivity contribution in [1.82, 2.24) is 10.2 Å². The first-order valence-corrected chi connectivity index (χ1v) is 4.79. The summed E-state index contributed by atoms with van der Waals surface area (Å²) in [7, 11) is 1.34. The molecule has 1 heterocycles. The molecule has 1 saturated carbocycles. The van der Waals surface area contributed by atoms with Crippen LogP contribution in [0.5, 0.6) is 0 Å². The Kier molecular flexibility index (Phi) is 2.19. The van der Waals surface area contributed by atoms with Crippen LogP contribution in [0.25, 0.3) is 0 Å². The number of hydrogen-bond donors (Lipinski definition) is 1. The fourth-order valence-electron chi connectivity index (χ4n) is 1.80. The van der Waals surface area contributed by atoms with Crippen LogP contribution < -0.4 is 5.32 Å². The van der Waals surface area contributed by atoms with Gasteiger partial charge in [-0.25, -0.2) is 0 Å². The van der Waals surface area contributed by atoms with E-state index >= 15 is 0 Å². The molecule has 0 unspecified atom stereocenters. The lowest BCUT2D eigenvalue weighted by Gasteiger charge is -2.32. The van der Waals surface area contributed by atoms with Crippen molar-refractivity contribution >= 4 is 11.9 Å². The number of carbonyl (C=O) groups is 2. The zero-order chi connectivity index (χ0) is 10.2. The molecule has 5 heteroatoms. The monoisotopic (exact) mass is 198 g/mol. The number of esters is 1. The lowest BCUT2D eigenvalue weighted by molar-refractivity contribution is -0.149. The Labute approximate surface area is 82.4 Å². The summed E-state index contributed by atoms with van der Waals surface area (Å²) in [6.07, 6.45) is 1.78. The molecule has 0 aromatic heterocycles. The van der Waals surface area contributed by atoms with Gasteiger partial charge in [0.15, 0.2) is 0 Å². The molecule has 2 aliphatic rings. The molecule has 1 N–H and O–H groups in total. The van der Waals surface area contributed by atoms with Crippen LogP contribution in [0.3, 0.4) is 0 Å². The van der Waals surface area contributed by atoms with Crippen molar-refractivity contribution < 1.29 is 14.3 Å². The maximum atomic E-state index is 11.8. The average Bonchev–Trinajstić information content (AvgIpc) is 2.94. The zero-order valence-electron chi connectivity index (χ0n) is 8.21. The number of hydrogen-bond acceptors (Lipinski definition) is 4.